The van der Waals surface area contributed by atoms with Gasteiger partial charge in [0.1, 0.15) is 17.9 Å². The van der Waals surface area contributed by atoms with E-state index in [4.69, 9.17) is 5.53 Å². The lowest BCUT2D eigenvalue weighted by atomic mass is 10.2. The predicted octanol–water partition coefficient (Wildman–Crippen LogP) is 0.550. The molecule has 12 heavy (non-hydrogen) atoms. The number of hydrogen-bond donors (Lipinski definition) is 0. The molecule has 2 heterocycles. The summed E-state index contributed by atoms with van der Waals surface area (Å²) in [6, 6.07) is 3.74. The average molecular weight is 160 g/mol. The summed E-state index contributed by atoms with van der Waals surface area (Å²) < 4.78 is 0. The molecule has 1 aromatic rings. The maximum absolute atomic E-state index is 8.66. The van der Waals surface area contributed by atoms with Gasteiger partial charge in [0.2, 0.25) is 0 Å². The van der Waals surface area contributed by atoms with Crippen molar-refractivity contribution in [2.75, 3.05) is 18.5 Å². The van der Waals surface area contributed by atoms with E-state index in [9.17, 15) is 0 Å². The van der Waals surface area contributed by atoms with Crippen molar-refractivity contribution in [3.05, 3.63) is 29.4 Å². The van der Waals surface area contributed by atoms with Crippen molar-refractivity contribution in [2.24, 2.45) is 0 Å². The average Bonchev–Trinajstić information content (AvgIpc) is 2.44. The summed E-state index contributed by atoms with van der Waals surface area (Å²) >= 11 is 0. The van der Waals surface area contributed by atoms with Gasteiger partial charge >= 0.3 is 5.71 Å². The Morgan fingerprint density at radius 2 is 2.50 bits per heavy atom. The molecule has 4 heteroatoms. The second kappa shape index (κ2) is 2.43. The fraction of sp³-hybridized carbons (Fsp3) is 0.250. The zero-order valence-corrected chi connectivity index (χ0v) is 6.73. The van der Waals surface area contributed by atoms with E-state index in [2.05, 4.69) is 9.77 Å². The van der Waals surface area contributed by atoms with E-state index in [-0.39, 0.29) is 0 Å². The number of rotatable bonds is 0. The highest BCUT2D eigenvalue weighted by molar-refractivity contribution is 6.07. The van der Waals surface area contributed by atoms with Crippen molar-refractivity contribution >= 4 is 11.5 Å². The van der Waals surface area contributed by atoms with Crippen molar-refractivity contribution < 1.29 is 4.79 Å². The first kappa shape index (κ1) is 7.00. The molecule has 0 aromatic carbocycles. The van der Waals surface area contributed by atoms with Gasteiger partial charge < -0.3 is 10.4 Å². The van der Waals surface area contributed by atoms with E-state index in [1.165, 1.54) is 0 Å². The molecule has 0 aliphatic carbocycles. The van der Waals surface area contributed by atoms with Crippen LogP contribution < -0.4 is 4.90 Å². The van der Waals surface area contributed by atoms with Crippen LogP contribution in [0.2, 0.25) is 0 Å². The van der Waals surface area contributed by atoms with Gasteiger partial charge in [-0.25, -0.2) is 4.98 Å². The number of fused-ring (bicyclic) bond motifs is 1. The van der Waals surface area contributed by atoms with Crippen LogP contribution in [0.4, 0.5) is 5.82 Å². The Morgan fingerprint density at radius 1 is 1.67 bits per heavy atom. The van der Waals surface area contributed by atoms with Gasteiger partial charge in [-0.15, -0.1) is 0 Å². The topological polar surface area (TPSA) is 52.5 Å². The summed E-state index contributed by atoms with van der Waals surface area (Å²) in [5, 5.41) is 0. The Kier molecular flexibility index (Phi) is 1.42. The second-order valence-corrected chi connectivity index (χ2v) is 2.78. The molecule has 0 bridgehead atoms. The quantitative estimate of drug-likeness (QED) is 0.411. The van der Waals surface area contributed by atoms with Crippen LogP contribution in [0.1, 0.15) is 5.56 Å². The predicted molar refractivity (Wildman–Crippen MR) is 45.2 cm³/mol. The van der Waals surface area contributed by atoms with E-state index in [0.29, 0.717) is 12.3 Å². The highest BCUT2D eigenvalue weighted by Gasteiger charge is 2.28. The number of hydrogen-bond acceptors (Lipinski definition) is 2. The van der Waals surface area contributed by atoms with Crippen LogP contribution in [0.25, 0.3) is 5.53 Å². The Hall–Kier alpha value is -1.67. The van der Waals surface area contributed by atoms with Crippen LogP contribution in [-0.4, -0.2) is 29.1 Å². The second-order valence-electron chi connectivity index (χ2n) is 2.78. The first-order valence-electron chi connectivity index (χ1n) is 3.70. The molecule has 60 valence electrons. The molecule has 1 aliphatic rings. The summed E-state index contributed by atoms with van der Waals surface area (Å²) in [6.07, 6.45) is 1.73. The molecule has 0 amide bonds. The van der Waals surface area contributed by atoms with Gasteiger partial charge in [0, 0.05) is 13.2 Å². The molecular weight excluding hydrogens is 152 g/mol. The third-order valence-corrected chi connectivity index (χ3v) is 1.97. The van der Waals surface area contributed by atoms with Crippen LogP contribution in [-0.2, 0) is 0 Å². The number of likely N-dealkylation sites (N-methyl/N-ethyl adjacent to an activating group) is 1. The van der Waals surface area contributed by atoms with Crippen molar-refractivity contribution in [3.8, 4) is 0 Å². The zero-order valence-electron chi connectivity index (χ0n) is 6.73. The summed E-state index contributed by atoms with van der Waals surface area (Å²) in [7, 11) is 1.92. The molecule has 4 nitrogen and oxygen atoms in total. The third kappa shape index (κ3) is 0.822. The molecule has 1 aliphatic heterocycles. The lowest BCUT2D eigenvalue weighted by Crippen LogP contribution is -2.17. The lowest BCUT2D eigenvalue weighted by Gasteiger charge is -2.06. The number of anilines is 1. The largest absolute Gasteiger partial charge is 0.361 e. The van der Waals surface area contributed by atoms with Crippen LogP contribution >= 0.6 is 0 Å². The summed E-state index contributed by atoms with van der Waals surface area (Å²) in [5.74, 6) is 0.880. The molecule has 0 atom stereocenters. The molecule has 2 rings (SSSR count). The minimum Gasteiger partial charge on any atom is -0.361 e. The Labute approximate surface area is 70.1 Å². The van der Waals surface area contributed by atoms with Crippen LogP contribution in [0, 0.1) is 0 Å². The standard InChI is InChI=1S/C8H8N4/c1-12-5-7(11-9)6-3-2-4-10-8(6)12/h2-4H,5H2,1H3. The SMILES string of the molecule is CN1CC(=[N+]=[N-])c2cccnc21. The summed E-state index contributed by atoms with van der Waals surface area (Å²) in [4.78, 5) is 9.34. The molecule has 0 unspecified atom stereocenters. The van der Waals surface area contributed by atoms with Crippen LogP contribution in [0.5, 0.6) is 0 Å². The molecule has 1 aromatic heterocycles. The van der Waals surface area contributed by atoms with Gasteiger partial charge in [-0.3, -0.25) is 0 Å². The highest BCUT2D eigenvalue weighted by atomic mass is 15.2. The maximum atomic E-state index is 8.66. The first-order valence-corrected chi connectivity index (χ1v) is 3.70. The minimum absolute atomic E-state index is 0.628. The van der Waals surface area contributed by atoms with Crippen molar-refractivity contribution in [2.45, 2.75) is 0 Å². The lowest BCUT2D eigenvalue weighted by molar-refractivity contribution is -0.00479. The first-order chi connectivity index (χ1) is 5.83. The summed E-state index contributed by atoms with van der Waals surface area (Å²) in [5.41, 5.74) is 10.3. The van der Waals surface area contributed by atoms with E-state index >= 15 is 0 Å². The monoisotopic (exact) mass is 160 g/mol. The molecular formula is C8H8N4. The van der Waals surface area contributed by atoms with E-state index in [1.54, 1.807) is 6.20 Å². The Morgan fingerprint density at radius 3 is 3.25 bits per heavy atom. The Balaban J connectivity index is 2.65. The molecule has 0 saturated carbocycles. The highest BCUT2D eigenvalue weighted by Crippen LogP contribution is 2.22. The number of aromatic nitrogens is 1. The van der Waals surface area contributed by atoms with Crippen molar-refractivity contribution in [3.63, 3.8) is 0 Å². The molecule has 0 radical (unpaired) electrons. The molecule has 0 saturated heterocycles. The van der Waals surface area contributed by atoms with Crippen molar-refractivity contribution in [1.29, 1.82) is 0 Å². The van der Waals surface area contributed by atoms with Gasteiger partial charge in [0.15, 0.2) is 0 Å². The molecule has 0 N–H and O–H groups in total. The van der Waals surface area contributed by atoms with Gasteiger partial charge in [-0.05, 0) is 12.1 Å². The van der Waals surface area contributed by atoms with E-state index in [1.807, 2.05) is 24.1 Å². The smallest absolute Gasteiger partial charge is 0.321 e. The van der Waals surface area contributed by atoms with Crippen LogP contribution in [0.15, 0.2) is 18.3 Å². The van der Waals surface area contributed by atoms with E-state index < -0.39 is 0 Å². The van der Waals surface area contributed by atoms with E-state index in [0.717, 1.165) is 11.4 Å². The Bertz CT molecular complexity index is 365. The maximum Gasteiger partial charge on any atom is 0.321 e. The molecule has 0 spiro atoms. The summed E-state index contributed by atoms with van der Waals surface area (Å²) in [6.45, 7) is 0.628. The number of pyridine rings is 1. The third-order valence-electron chi connectivity index (χ3n) is 1.97. The minimum atomic E-state index is 0.628. The van der Waals surface area contributed by atoms with Crippen molar-refractivity contribution in [1.82, 2.24) is 4.98 Å². The fourth-order valence-electron chi connectivity index (χ4n) is 1.40. The number of nitrogens with zero attached hydrogens (tertiary/aromatic N) is 4. The van der Waals surface area contributed by atoms with Gasteiger partial charge in [0.25, 0.3) is 0 Å². The van der Waals surface area contributed by atoms with Gasteiger partial charge in [-0.1, -0.05) is 0 Å². The van der Waals surface area contributed by atoms with Crippen LogP contribution in [0.3, 0.4) is 0 Å². The van der Waals surface area contributed by atoms with Gasteiger partial charge in [-0.2, -0.15) is 4.79 Å². The fourth-order valence-corrected chi connectivity index (χ4v) is 1.40. The zero-order chi connectivity index (χ0) is 8.55. The molecule has 0 fully saturated rings. The normalized spacial score (nSPS) is 14.4. The van der Waals surface area contributed by atoms with Gasteiger partial charge in [0.05, 0.1) is 0 Å².